The number of hydrogen-bond donors (Lipinski definition) is 0. The van der Waals surface area contributed by atoms with Crippen LogP contribution in [-0.2, 0) is 9.47 Å². The fourth-order valence-electron chi connectivity index (χ4n) is 1.38. The van der Waals surface area contributed by atoms with Crippen LogP contribution in [0.4, 0.5) is 0 Å². The number of rotatable bonds is 8. The molecule has 0 aliphatic rings. The molecule has 90 valence electrons. The van der Waals surface area contributed by atoms with Gasteiger partial charge in [0.15, 0.2) is 6.29 Å². The molecular weight excluding hydrogens is 204 g/mol. The van der Waals surface area contributed by atoms with E-state index in [-0.39, 0.29) is 6.29 Å². The van der Waals surface area contributed by atoms with Gasteiger partial charge in [-0.1, -0.05) is 18.2 Å². The molecule has 0 aliphatic heterocycles. The van der Waals surface area contributed by atoms with Crippen LogP contribution in [0.2, 0.25) is 0 Å². The molecule has 0 radical (unpaired) electrons. The predicted molar refractivity (Wildman–Crippen MR) is 63.6 cm³/mol. The first-order chi connectivity index (χ1) is 7.86. The van der Waals surface area contributed by atoms with Gasteiger partial charge in [-0.15, -0.1) is 0 Å². The Labute approximate surface area is 97.3 Å². The Morgan fingerprint density at radius 3 is 2.19 bits per heavy atom. The van der Waals surface area contributed by atoms with Crippen molar-refractivity contribution in [2.75, 3.05) is 19.8 Å². The molecule has 16 heavy (non-hydrogen) atoms. The minimum atomic E-state index is -0.154. The van der Waals surface area contributed by atoms with E-state index in [0.29, 0.717) is 19.8 Å². The third-order valence-corrected chi connectivity index (χ3v) is 2.07. The minimum absolute atomic E-state index is 0.154. The van der Waals surface area contributed by atoms with Crippen molar-refractivity contribution in [2.24, 2.45) is 0 Å². The van der Waals surface area contributed by atoms with E-state index in [1.807, 2.05) is 44.2 Å². The van der Waals surface area contributed by atoms with E-state index in [2.05, 4.69) is 0 Å². The summed E-state index contributed by atoms with van der Waals surface area (Å²) in [6.45, 7) is 5.86. The van der Waals surface area contributed by atoms with Crippen LogP contribution in [0.15, 0.2) is 30.3 Å². The van der Waals surface area contributed by atoms with Crippen molar-refractivity contribution < 1.29 is 14.2 Å². The average Bonchev–Trinajstić information content (AvgIpc) is 2.31. The smallest absolute Gasteiger partial charge is 0.160 e. The van der Waals surface area contributed by atoms with Gasteiger partial charge in [-0.25, -0.2) is 0 Å². The van der Waals surface area contributed by atoms with E-state index in [9.17, 15) is 0 Å². The van der Waals surface area contributed by atoms with Gasteiger partial charge in [0.2, 0.25) is 0 Å². The van der Waals surface area contributed by atoms with Gasteiger partial charge in [0.1, 0.15) is 5.75 Å². The third-order valence-electron chi connectivity index (χ3n) is 2.07. The average molecular weight is 224 g/mol. The molecule has 3 heteroatoms. The van der Waals surface area contributed by atoms with E-state index in [1.54, 1.807) is 0 Å². The summed E-state index contributed by atoms with van der Waals surface area (Å²) >= 11 is 0. The molecule has 1 aromatic carbocycles. The summed E-state index contributed by atoms with van der Waals surface area (Å²) < 4.78 is 16.4. The number of hydrogen-bond acceptors (Lipinski definition) is 3. The van der Waals surface area contributed by atoms with E-state index in [4.69, 9.17) is 14.2 Å². The molecule has 0 fully saturated rings. The lowest BCUT2D eigenvalue weighted by molar-refractivity contribution is -0.142. The quantitative estimate of drug-likeness (QED) is 0.635. The van der Waals surface area contributed by atoms with Crippen molar-refractivity contribution in [1.29, 1.82) is 0 Å². The zero-order valence-electron chi connectivity index (χ0n) is 10.0. The Balaban J connectivity index is 2.22. The van der Waals surface area contributed by atoms with Crippen LogP contribution < -0.4 is 4.74 Å². The molecule has 0 atom stereocenters. The topological polar surface area (TPSA) is 27.7 Å². The molecule has 1 aromatic rings. The molecule has 0 spiro atoms. The van der Waals surface area contributed by atoms with E-state index in [1.165, 1.54) is 0 Å². The lowest BCUT2D eigenvalue weighted by Gasteiger charge is -2.16. The zero-order chi connectivity index (χ0) is 11.6. The van der Waals surface area contributed by atoms with Gasteiger partial charge in [-0.3, -0.25) is 0 Å². The van der Waals surface area contributed by atoms with Crippen LogP contribution in [-0.4, -0.2) is 26.1 Å². The molecule has 0 saturated heterocycles. The van der Waals surface area contributed by atoms with E-state index < -0.39 is 0 Å². The highest BCUT2D eigenvalue weighted by Gasteiger charge is 2.07. The van der Waals surface area contributed by atoms with Gasteiger partial charge < -0.3 is 14.2 Å². The van der Waals surface area contributed by atoms with Crippen LogP contribution >= 0.6 is 0 Å². The monoisotopic (exact) mass is 224 g/mol. The number of ether oxygens (including phenoxy) is 3. The van der Waals surface area contributed by atoms with Gasteiger partial charge in [0.25, 0.3) is 0 Å². The standard InChI is InChI=1S/C13H20O3/c1-3-14-13(15-4-2)10-11-16-12-8-6-5-7-9-12/h5-9,13H,3-4,10-11H2,1-2H3. The van der Waals surface area contributed by atoms with E-state index in [0.717, 1.165) is 12.2 Å². The second kappa shape index (κ2) is 8.13. The molecule has 0 N–H and O–H groups in total. The van der Waals surface area contributed by atoms with Gasteiger partial charge in [0.05, 0.1) is 6.61 Å². The normalized spacial score (nSPS) is 10.7. The fraction of sp³-hybridized carbons (Fsp3) is 0.538. The molecule has 3 nitrogen and oxygen atoms in total. The first-order valence-electron chi connectivity index (χ1n) is 5.77. The Hall–Kier alpha value is -1.06. The van der Waals surface area contributed by atoms with Crippen LogP contribution in [0.1, 0.15) is 20.3 Å². The lowest BCUT2D eigenvalue weighted by atomic mass is 10.3. The second-order valence-corrected chi connectivity index (χ2v) is 3.29. The number of benzene rings is 1. The maximum absolute atomic E-state index is 5.57. The van der Waals surface area contributed by atoms with Gasteiger partial charge >= 0.3 is 0 Å². The van der Waals surface area contributed by atoms with Crippen LogP contribution in [0.3, 0.4) is 0 Å². The maximum Gasteiger partial charge on any atom is 0.160 e. The highest BCUT2D eigenvalue weighted by atomic mass is 16.7. The summed E-state index contributed by atoms with van der Waals surface area (Å²) in [4.78, 5) is 0. The molecule has 0 amide bonds. The first kappa shape index (κ1) is 13.0. The predicted octanol–water partition coefficient (Wildman–Crippen LogP) is 2.85. The molecule has 1 rings (SSSR count). The second-order valence-electron chi connectivity index (χ2n) is 3.29. The summed E-state index contributed by atoms with van der Waals surface area (Å²) in [6.07, 6.45) is 0.593. The first-order valence-corrected chi connectivity index (χ1v) is 5.77. The van der Waals surface area contributed by atoms with Crippen molar-refractivity contribution in [3.05, 3.63) is 30.3 Å². The fourth-order valence-corrected chi connectivity index (χ4v) is 1.38. The third kappa shape index (κ3) is 5.14. The molecule has 0 bridgehead atoms. The summed E-state index contributed by atoms with van der Waals surface area (Å²) in [6, 6.07) is 9.76. The summed E-state index contributed by atoms with van der Waals surface area (Å²) in [5.41, 5.74) is 0. The van der Waals surface area contributed by atoms with Crippen molar-refractivity contribution in [1.82, 2.24) is 0 Å². The van der Waals surface area contributed by atoms with Crippen molar-refractivity contribution in [3.63, 3.8) is 0 Å². The van der Waals surface area contributed by atoms with Crippen molar-refractivity contribution >= 4 is 0 Å². The molecule has 0 heterocycles. The lowest BCUT2D eigenvalue weighted by Crippen LogP contribution is -2.20. The summed E-state index contributed by atoms with van der Waals surface area (Å²) in [5, 5.41) is 0. The highest BCUT2D eigenvalue weighted by Crippen LogP contribution is 2.10. The van der Waals surface area contributed by atoms with Crippen LogP contribution in [0.25, 0.3) is 0 Å². The molecule has 0 aromatic heterocycles. The van der Waals surface area contributed by atoms with Crippen LogP contribution in [0, 0.1) is 0 Å². The summed E-state index contributed by atoms with van der Waals surface area (Å²) in [5.74, 6) is 0.884. The highest BCUT2D eigenvalue weighted by molar-refractivity contribution is 5.20. The van der Waals surface area contributed by atoms with Gasteiger partial charge in [-0.05, 0) is 26.0 Å². The largest absolute Gasteiger partial charge is 0.493 e. The summed E-state index contributed by atoms with van der Waals surface area (Å²) in [7, 11) is 0. The molecule has 0 aliphatic carbocycles. The molecular formula is C13H20O3. The Bertz CT molecular complexity index is 255. The molecule has 0 saturated carbocycles. The Morgan fingerprint density at radius 2 is 1.62 bits per heavy atom. The van der Waals surface area contributed by atoms with Crippen LogP contribution in [0.5, 0.6) is 5.75 Å². The molecule has 0 unspecified atom stereocenters. The Kier molecular flexibility index (Phi) is 6.61. The van der Waals surface area contributed by atoms with Crippen molar-refractivity contribution in [3.8, 4) is 5.75 Å². The van der Waals surface area contributed by atoms with Gasteiger partial charge in [-0.2, -0.15) is 0 Å². The van der Waals surface area contributed by atoms with Crippen molar-refractivity contribution in [2.45, 2.75) is 26.6 Å². The zero-order valence-corrected chi connectivity index (χ0v) is 10.0. The SMILES string of the molecule is CCOC(CCOc1ccccc1)OCC. The maximum atomic E-state index is 5.57. The van der Waals surface area contributed by atoms with E-state index >= 15 is 0 Å². The van der Waals surface area contributed by atoms with Gasteiger partial charge in [0, 0.05) is 19.6 Å². The number of para-hydroxylation sites is 1. The minimum Gasteiger partial charge on any atom is -0.493 e. The Morgan fingerprint density at radius 1 is 1.00 bits per heavy atom.